The minimum absolute atomic E-state index is 0.636. The Morgan fingerprint density at radius 1 is 1.56 bits per heavy atom. The lowest BCUT2D eigenvalue weighted by molar-refractivity contribution is 0.0514. The molecule has 5 heteroatoms. The van der Waals surface area contributed by atoms with Crippen molar-refractivity contribution in [1.29, 1.82) is 0 Å². The summed E-state index contributed by atoms with van der Waals surface area (Å²) in [5.41, 5.74) is -0.856. The lowest BCUT2D eigenvalue weighted by Crippen LogP contribution is -2.29. The van der Waals surface area contributed by atoms with Crippen molar-refractivity contribution >= 4 is 22.9 Å². The number of methoxy groups -OCH3 is 1. The quantitative estimate of drug-likeness (QED) is 0.742. The average molecular weight is 264 g/mol. The summed E-state index contributed by atoms with van der Waals surface area (Å²) in [6.07, 6.45) is 0.636. The summed E-state index contributed by atoms with van der Waals surface area (Å²) in [5, 5.41) is 16.0. The van der Waals surface area contributed by atoms with Gasteiger partial charge in [0.2, 0.25) is 0 Å². The molecular formula is C11H18ClNO2S. The Kier molecular flexibility index (Phi) is 5.72. The van der Waals surface area contributed by atoms with Crippen molar-refractivity contribution in [3.63, 3.8) is 0 Å². The molecule has 2 N–H and O–H groups in total. The van der Waals surface area contributed by atoms with Crippen LogP contribution < -0.4 is 5.32 Å². The van der Waals surface area contributed by atoms with Crippen LogP contribution in [-0.4, -0.2) is 31.9 Å². The normalized spacial score (nSPS) is 15.0. The molecule has 0 saturated carbocycles. The second-order valence-electron chi connectivity index (χ2n) is 3.86. The maximum atomic E-state index is 10.3. The van der Waals surface area contributed by atoms with E-state index in [1.165, 1.54) is 11.3 Å². The number of hydrogen-bond donors (Lipinski definition) is 2. The van der Waals surface area contributed by atoms with Gasteiger partial charge in [-0.1, -0.05) is 11.6 Å². The van der Waals surface area contributed by atoms with Crippen molar-refractivity contribution in [3.05, 3.63) is 21.3 Å². The van der Waals surface area contributed by atoms with Gasteiger partial charge >= 0.3 is 0 Å². The average Bonchev–Trinajstić information content (AvgIpc) is 2.65. The summed E-state index contributed by atoms with van der Waals surface area (Å²) < 4.78 is 4.92. The topological polar surface area (TPSA) is 41.5 Å². The zero-order valence-electron chi connectivity index (χ0n) is 9.62. The Labute approximate surface area is 105 Å². The van der Waals surface area contributed by atoms with Crippen molar-refractivity contribution in [2.24, 2.45) is 0 Å². The van der Waals surface area contributed by atoms with Crippen LogP contribution in [0.2, 0.25) is 5.02 Å². The number of aliphatic hydroxyl groups is 1. The first-order valence-electron chi connectivity index (χ1n) is 5.23. The van der Waals surface area contributed by atoms with Crippen molar-refractivity contribution in [1.82, 2.24) is 5.32 Å². The van der Waals surface area contributed by atoms with Crippen LogP contribution in [0.5, 0.6) is 0 Å². The van der Waals surface area contributed by atoms with E-state index in [-0.39, 0.29) is 0 Å². The van der Waals surface area contributed by atoms with Gasteiger partial charge in [0, 0.05) is 13.7 Å². The lowest BCUT2D eigenvalue weighted by Gasteiger charge is -2.22. The van der Waals surface area contributed by atoms with Crippen molar-refractivity contribution < 1.29 is 9.84 Å². The molecule has 0 aliphatic heterocycles. The van der Waals surface area contributed by atoms with E-state index in [0.717, 1.165) is 18.0 Å². The minimum Gasteiger partial charge on any atom is -0.385 e. The maximum absolute atomic E-state index is 10.3. The molecule has 16 heavy (non-hydrogen) atoms. The molecule has 0 radical (unpaired) electrons. The zero-order chi connectivity index (χ0) is 12.0. The largest absolute Gasteiger partial charge is 0.385 e. The van der Waals surface area contributed by atoms with Crippen LogP contribution in [0, 0.1) is 0 Å². The fourth-order valence-corrected chi connectivity index (χ4v) is 2.77. The van der Waals surface area contributed by atoms with Gasteiger partial charge in [0.15, 0.2) is 0 Å². The van der Waals surface area contributed by atoms with Crippen LogP contribution in [0.4, 0.5) is 0 Å². The van der Waals surface area contributed by atoms with E-state index >= 15 is 0 Å². The molecule has 92 valence electrons. The summed E-state index contributed by atoms with van der Waals surface area (Å²) in [6.45, 7) is 4.01. The Morgan fingerprint density at radius 2 is 2.31 bits per heavy atom. The molecule has 0 bridgehead atoms. The second kappa shape index (κ2) is 6.57. The molecule has 1 atom stereocenters. The van der Waals surface area contributed by atoms with Crippen LogP contribution in [-0.2, 0) is 10.3 Å². The molecule has 3 nitrogen and oxygen atoms in total. The number of rotatable bonds is 7. The van der Waals surface area contributed by atoms with Crippen LogP contribution in [0.3, 0.4) is 0 Å². The molecule has 0 amide bonds. The number of ether oxygens (including phenoxy) is 1. The van der Waals surface area contributed by atoms with Crippen molar-refractivity contribution in [3.8, 4) is 0 Å². The van der Waals surface area contributed by atoms with Gasteiger partial charge in [-0.05, 0) is 31.3 Å². The third-order valence-electron chi connectivity index (χ3n) is 2.38. The number of thiophene rings is 1. The highest BCUT2D eigenvalue weighted by molar-refractivity contribution is 7.10. The monoisotopic (exact) mass is 263 g/mol. The molecule has 0 spiro atoms. The van der Waals surface area contributed by atoms with Gasteiger partial charge in [0.1, 0.15) is 0 Å². The van der Waals surface area contributed by atoms with Crippen LogP contribution >= 0.6 is 22.9 Å². The van der Waals surface area contributed by atoms with Gasteiger partial charge < -0.3 is 15.2 Å². The molecule has 1 unspecified atom stereocenters. The van der Waals surface area contributed by atoms with Gasteiger partial charge in [-0.2, -0.15) is 0 Å². The molecule has 0 saturated heterocycles. The Hall–Kier alpha value is -0.130. The van der Waals surface area contributed by atoms with Gasteiger partial charge in [0.25, 0.3) is 0 Å². The molecular weight excluding hydrogens is 246 g/mol. The predicted octanol–water partition coefficient (Wildman–Crippen LogP) is 2.24. The minimum atomic E-state index is -0.856. The molecule has 0 aliphatic rings. The van der Waals surface area contributed by atoms with E-state index in [2.05, 4.69) is 5.32 Å². The Balaban J connectivity index is 2.37. The second-order valence-corrected chi connectivity index (χ2v) is 5.19. The van der Waals surface area contributed by atoms with Crippen molar-refractivity contribution in [2.75, 3.05) is 26.8 Å². The molecule has 1 heterocycles. The highest BCUT2D eigenvalue weighted by Gasteiger charge is 2.26. The first-order chi connectivity index (χ1) is 7.58. The Morgan fingerprint density at radius 3 is 2.88 bits per heavy atom. The SMILES string of the molecule is COCCNCCC(C)(O)c1sccc1Cl. The highest BCUT2D eigenvalue weighted by atomic mass is 35.5. The van der Waals surface area contributed by atoms with Gasteiger partial charge in [-0.25, -0.2) is 0 Å². The number of hydrogen-bond acceptors (Lipinski definition) is 4. The summed E-state index contributed by atoms with van der Waals surface area (Å²) in [7, 11) is 1.67. The standard InChI is InChI=1S/C11H18ClNO2S/c1-11(14,4-5-13-6-7-15-2)10-9(12)3-8-16-10/h3,8,13-14H,4-7H2,1-2H3. The van der Waals surface area contributed by atoms with E-state index in [4.69, 9.17) is 16.3 Å². The molecule has 1 aromatic heterocycles. The van der Waals surface area contributed by atoms with E-state index in [0.29, 0.717) is 18.1 Å². The van der Waals surface area contributed by atoms with E-state index in [1.54, 1.807) is 14.0 Å². The third kappa shape index (κ3) is 4.03. The predicted molar refractivity (Wildman–Crippen MR) is 68.3 cm³/mol. The summed E-state index contributed by atoms with van der Waals surface area (Å²) in [5.74, 6) is 0. The van der Waals surface area contributed by atoms with E-state index in [9.17, 15) is 5.11 Å². The first-order valence-corrected chi connectivity index (χ1v) is 6.49. The first kappa shape index (κ1) is 13.9. The summed E-state index contributed by atoms with van der Waals surface area (Å²) in [6, 6.07) is 1.81. The lowest BCUT2D eigenvalue weighted by atomic mass is 10.0. The molecule has 1 rings (SSSR count). The zero-order valence-corrected chi connectivity index (χ0v) is 11.2. The van der Waals surface area contributed by atoms with Crippen LogP contribution in [0.25, 0.3) is 0 Å². The summed E-state index contributed by atoms with van der Waals surface area (Å²) >= 11 is 7.49. The van der Waals surface area contributed by atoms with Gasteiger partial charge in [0.05, 0.1) is 22.1 Å². The molecule has 1 aromatic rings. The third-order valence-corrected chi connectivity index (χ3v) is 3.97. The van der Waals surface area contributed by atoms with Gasteiger partial charge in [-0.3, -0.25) is 0 Å². The molecule has 0 aromatic carbocycles. The maximum Gasteiger partial charge on any atom is 0.0986 e. The van der Waals surface area contributed by atoms with E-state index in [1.807, 2.05) is 11.4 Å². The highest BCUT2D eigenvalue weighted by Crippen LogP contribution is 2.34. The van der Waals surface area contributed by atoms with E-state index < -0.39 is 5.60 Å². The smallest absolute Gasteiger partial charge is 0.0986 e. The fourth-order valence-electron chi connectivity index (χ4n) is 1.42. The van der Waals surface area contributed by atoms with Gasteiger partial charge in [-0.15, -0.1) is 11.3 Å². The van der Waals surface area contributed by atoms with Crippen molar-refractivity contribution in [2.45, 2.75) is 18.9 Å². The summed E-state index contributed by atoms with van der Waals surface area (Å²) in [4.78, 5) is 0.836. The Bertz CT molecular complexity index is 315. The molecule has 0 fully saturated rings. The number of nitrogens with one attached hydrogen (secondary N) is 1. The number of halogens is 1. The van der Waals surface area contributed by atoms with Crippen LogP contribution in [0.15, 0.2) is 11.4 Å². The fraction of sp³-hybridized carbons (Fsp3) is 0.636. The molecule has 0 aliphatic carbocycles. The van der Waals surface area contributed by atoms with Crippen LogP contribution in [0.1, 0.15) is 18.2 Å².